The summed E-state index contributed by atoms with van der Waals surface area (Å²) in [5, 5.41) is 2.64. The highest BCUT2D eigenvalue weighted by Gasteiger charge is 2.19. The fraction of sp³-hybridized carbons (Fsp3) is 0.263. The molecular formula is C19H20BrNO6. The summed E-state index contributed by atoms with van der Waals surface area (Å²) in [7, 11) is 4.16. The molecule has 1 N–H and O–H groups in total. The van der Waals surface area contributed by atoms with Gasteiger partial charge in [-0.25, -0.2) is 4.79 Å². The predicted octanol–water partition coefficient (Wildman–Crippen LogP) is 3.58. The Labute approximate surface area is 165 Å². The third-order valence-corrected chi connectivity index (χ3v) is 4.27. The minimum absolute atomic E-state index is 0.139. The Kier molecular flexibility index (Phi) is 7.06. The zero-order chi connectivity index (χ0) is 20.0. The maximum absolute atomic E-state index is 12.3. The van der Waals surface area contributed by atoms with Crippen molar-refractivity contribution in [3.63, 3.8) is 0 Å². The Hall–Kier alpha value is -2.74. The number of carbonyl (C=O) groups excluding carboxylic acids is 2. The van der Waals surface area contributed by atoms with Crippen LogP contribution in [0.5, 0.6) is 17.2 Å². The Morgan fingerprint density at radius 3 is 2.26 bits per heavy atom. The molecule has 0 aliphatic carbocycles. The molecule has 2 aromatic carbocycles. The SMILES string of the molecule is COC(=O)c1cc(OC)c(OC)cc1NC(=O)COc1ccc(C)cc1Br. The summed E-state index contributed by atoms with van der Waals surface area (Å²) in [6.45, 7) is 1.71. The molecule has 0 radical (unpaired) electrons. The minimum atomic E-state index is -0.617. The van der Waals surface area contributed by atoms with Gasteiger partial charge in [-0.05, 0) is 40.5 Å². The third kappa shape index (κ3) is 5.13. The second-order valence-corrected chi connectivity index (χ2v) is 6.37. The molecule has 1 amide bonds. The van der Waals surface area contributed by atoms with E-state index in [1.165, 1.54) is 33.5 Å². The quantitative estimate of drug-likeness (QED) is 0.666. The van der Waals surface area contributed by atoms with Crippen molar-refractivity contribution in [1.82, 2.24) is 0 Å². The van der Waals surface area contributed by atoms with Crippen molar-refractivity contribution >= 4 is 33.5 Å². The lowest BCUT2D eigenvalue weighted by molar-refractivity contribution is -0.118. The van der Waals surface area contributed by atoms with Gasteiger partial charge in [0.1, 0.15) is 5.75 Å². The first-order chi connectivity index (χ1) is 12.9. The number of amides is 1. The third-order valence-electron chi connectivity index (χ3n) is 3.65. The average Bonchev–Trinajstić information content (AvgIpc) is 2.66. The molecule has 144 valence electrons. The van der Waals surface area contributed by atoms with Gasteiger partial charge < -0.3 is 24.3 Å². The second kappa shape index (κ2) is 9.27. The molecular weight excluding hydrogens is 418 g/mol. The fourth-order valence-electron chi connectivity index (χ4n) is 2.31. The first-order valence-electron chi connectivity index (χ1n) is 7.92. The number of aryl methyl sites for hydroxylation is 1. The number of esters is 1. The van der Waals surface area contributed by atoms with Gasteiger partial charge in [0.25, 0.3) is 5.91 Å². The highest BCUT2D eigenvalue weighted by Crippen LogP contribution is 2.34. The molecule has 7 nitrogen and oxygen atoms in total. The van der Waals surface area contributed by atoms with E-state index < -0.39 is 11.9 Å². The van der Waals surface area contributed by atoms with Crippen molar-refractivity contribution < 1.29 is 28.5 Å². The van der Waals surface area contributed by atoms with E-state index >= 15 is 0 Å². The molecule has 0 bridgehead atoms. The molecule has 0 aliphatic rings. The lowest BCUT2D eigenvalue weighted by atomic mass is 10.1. The van der Waals surface area contributed by atoms with E-state index in [0.717, 1.165) is 10.0 Å². The molecule has 27 heavy (non-hydrogen) atoms. The number of hydrogen-bond donors (Lipinski definition) is 1. The van der Waals surface area contributed by atoms with Crippen molar-refractivity contribution in [2.75, 3.05) is 33.3 Å². The van der Waals surface area contributed by atoms with E-state index in [-0.39, 0.29) is 17.9 Å². The molecule has 2 aromatic rings. The molecule has 2 rings (SSSR count). The maximum atomic E-state index is 12.3. The summed E-state index contributed by atoms with van der Waals surface area (Å²) in [5.74, 6) is 0.183. The molecule has 0 spiro atoms. The Morgan fingerprint density at radius 1 is 1.00 bits per heavy atom. The van der Waals surface area contributed by atoms with Crippen LogP contribution in [0.15, 0.2) is 34.8 Å². The topological polar surface area (TPSA) is 83.1 Å². The molecule has 0 saturated carbocycles. The van der Waals surface area contributed by atoms with Crippen LogP contribution in [-0.4, -0.2) is 39.8 Å². The van der Waals surface area contributed by atoms with Gasteiger partial charge in [0.2, 0.25) is 0 Å². The molecule has 8 heteroatoms. The van der Waals surface area contributed by atoms with E-state index in [0.29, 0.717) is 17.2 Å². The van der Waals surface area contributed by atoms with E-state index in [2.05, 4.69) is 21.2 Å². The summed E-state index contributed by atoms with van der Waals surface area (Å²) in [6.07, 6.45) is 0. The number of carbonyl (C=O) groups is 2. The monoisotopic (exact) mass is 437 g/mol. The van der Waals surface area contributed by atoms with Gasteiger partial charge in [-0.2, -0.15) is 0 Å². The number of rotatable bonds is 7. The van der Waals surface area contributed by atoms with Crippen molar-refractivity contribution in [3.05, 3.63) is 45.9 Å². The summed E-state index contributed by atoms with van der Waals surface area (Å²) in [4.78, 5) is 24.3. The Morgan fingerprint density at radius 2 is 1.67 bits per heavy atom. The van der Waals surface area contributed by atoms with Crippen LogP contribution in [0.2, 0.25) is 0 Å². The van der Waals surface area contributed by atoms with Gasteiger partial charge in [-0.3, -0.25) is 4.79 Å². The van der Waals surface area contributed by atoms with Crippen LogP contribution in [0.1, 0.15) is 15.9 Å². The summed E-state index contributed by atoms with van der Waals surface area (Å²) >= 11 is 3.39. The van der Waals surface area contributed by atoms with E-state index in [1.807, 2.05) is 19.1 Å². The second-order valence-electron chi connectivity index (χ2n) is 5.52. The van der Waals surface area contributed by atoms with Crippen LogP contribution >= 0.6 is 15.9 Å². The van der Waals surface area contributed by atoms with Crippen LogP contribution in [-0.2, 0) is 9.53 Å². The zero-order valence-corrected chi connectivity index (χ0v) is 17.0. The van der Waals surface area contributed by atoms with Crippen LogP contribution in [0.4, 0.5) is 5.69 Å². The summed E-state index contributed by atoms with van der Waals surface area (Å²) in [6, 6.07) is 8.46. The van der Waals surface area contributed by atoms with Crippen LogP contribution in [0.3, 0.4) is 0 Å². The Bertz CT molecular complexity index is 852. The van der Waals surface area contributed by atoms with Crippen molar-refractivity contribution in [3.8, 4) is 17.2 Å². The number of ether oxygens (including phenoxy) is 4. The van der Waals surface area contributed by atoms with E-state index in [1.54, 1.807) is 6.07 Å². The van der Waals surface area contributed by atoms with Crippen LogP contribution < -0.4 is 19.5 Å². The number of benzene rings is 2. The predicted molar refractivity (Wildman–Crippen MR) is 104 cm³/mol. The lowest BCUT2D eigenvalue weighted by Crippen LogP contribution is -2.22. The van der Waals surface area contributed by atoms with Gasteiger partial charge in [0.15, 0.2) is 18.1 Å². The fourth-order valence-corrected chi connectivity index (χ4v) is 2.92. The van der Waals surface area contributed by atoms with Gasteiger partial charge >= 0.3 is 5.97 Å². The van der Waals surface area contributed by atoms with E-state index in [9.17, 15) is 9.59 Å². The number of methoxy groups -OCH3 is 3. The highest BCUT2D eigenvalue weighted by molar-refractivity contribution is 9.10. The van der Waals surface area contributed by atoms with Crippen LogP contribution in [0, 0.1) is 6.92 Å². The normalized spacial score (nSPS) is 10.1. The van der Waals surface area contributed by atoms with Gasteiger partial charge in [0.05, 0.1) is 37.1 Å². The zero-order valence-electron chi connectivity index (χ0n) is 15.4. The van der Waals surface area contributed by atoms with Crippen LogP contribution in [0.25, 0.3) is 0 Å². The lowest BCUT2D eigenvalue weighted by Gasteiger charge is -2.15. The van der Waals surface area contributed by atoms with E-state index in [4.69, 9.17) is 18.9 Å². The molecule has 0 heterocycles. The van der Waals surface area contributed by atoms with Crippen molar-refractivity contribution in [2.45, 2.75) is 6.92 Å². The van der Waals surface area contributed by atoms with Gasteiger partial charge in [0, 0.05) is 12.1 Å². The largest absolute Gasteiger partial charge is 0.493 e. The van der Waals surface area contributed by atoms with Crippen molar-refractivity contribution in [2.24, 2.45) is 0 Å². The van der Waals surface area contributed by atoms with Gasteiger partial charge in [-0.15, -0.1) is 0 Å². The number of nitrogens with one attached hydrogen (secondary N) is 1. The average molecular weight is 438 g/mol. The summed E-state index contributed by atoms with van der Waals surface area (Å²) in [5.41, 5.74) is 1.43. The number of anilines is 1. The molecule has 0 unspecified atom stereocenters. The molecule has 0 aliphatic heterocycles. The highest BCUT2D eigenvalue weighted by atomic mass is 79.9. The van der Waals surface area contributed by atoms with Gasteiger partial charge in [-0.1, -0.05) is 6.07 Å². The Balaban J connectivity index is 2.19. The summed E-state index contributed by atoms with van der Waals surface area (Å²) < 4.78 is 21.4. The molecule has 0 atom stereocenters. The first kappa shape index (κ1) is 20.6. The first-order valence-corrected chi connectivity index (χ1v) is 8.72. The molecule has 0 fully saturated rings. The number of halogens is 1. The smallest absolute Gasteiger partial charge is 0.340 e. The molecule has 0 aromatic heterocycles. The number of hydrogen-bond acceptors (Lipinski definition) is 6. The maximum Gasteiger partial charge on any atom is 0.340 e. The minimum Gasteiger partial charge on any atom is -0.493 e. The van der Waals surface area contributed by atoms with Crippen molar-refractivity contribution in [1.29, 1.82) is 0 Å². The standard InChI is InChI=1S/C19H20BrNO6/c1-11-5-6-15(13(20)7-11)27-10-18(22)21-14-9-17(25-3)16(24-2)8-12(14)19(23)26-4/h5-9H,10H2,1-4H3,(H,21,22). The molecule has 0 saturated heterocycles.